The van der Waals surface area contributed by atoms with Gasteiger partial charge in [0, 0.05) is 62.0 Å². The predicted octanol–water partition coefficient (Wildman–Crippen LogP) is 3.94. The van der Waals surface area contributed by atoms with Crippen molar-refractivity contribution in [1.82, 2.24) is 34.6 Å². The van der Waals surface area contributed by atoms with Crippen LogP contribution in [0.3, 0.4) is 0 Å². The summed E-state index contributed by atoms with van der Waals surface area (Å²) in [6.45, 7) is 2.45. The van der Waals surface area contributed by atoms with E-state index in [0.717, 1.165) is 65.6 Å². The van der Waals surface area contributed by atoms with Gasteiger partial charge in [-0.2, -0.15) is 5.10 Å². The van der Waals surface area contributed by atoms with Crippen LogP contribution in [-0.2, 0) is 19.5 Å². The highest BCUT2D eigenvalue weighted by atomic mass is 16.3. The van der Waals surface area contributed by atoms with Crippen LogP contribution in [0, 0.1) is 0 Å². The van der Waals surface area contributed by atoms with Crippen LogP contribution in [0.1, 0.15) is 16.8 Å². The molecule has 0 bridgehead atoms. The van der Waals surface area contributed by atoms with Gasteiger partial charge < -0.3 is 4.42 Å². The van der Waals surface area contributed by atoms with Gasteiger partial charge >= 0.3 is 0 Å². The first kappa shape index (κ1) is 19.5. The Morgan fingerprint density at radius 2 is 1.85 bits per heavy atom. The Morgan fingerprint density at radius 1 is 0.970 bits per heavy atom. The Labute approximate surface area is 190 Å². The fourth-order valence-corrected chi connectivity index (χ4v) is 4.16. The summed E-state index contributed by atoms with van der Waals surface area (Å²) in [7, 11) is 0. The van der Waals surface area contributed by atoms with Gasteiger partial charge in [-0.15, -0.1) is 0 Å². The molecular formula is C25H21N7O. The molecule has 33 heavy (non-hydrogen) atoms. The van der Waals surface area contributed by atoms with Gasteiger partial charge in [-0.05, 0) is 24.3 Å². The minimum Gasteiger partial charge on any atom is -0.463 e. The van der Waals surface area contributed by atoms with Crippen molar-refractivity contribution < 1.29 is 4.42 Å². The molecule has 0 fully saturated rings. The number of furan rings is 1. The Hall–Kier alpha value is -4.17. The van der Waals surface area contributed by atoms with Crippen molar-refractivity contribution in [2.45, 2.75) is 19.5 Å². The normalized spacial score (nSPS) is 13.7. The minimum atomic E-state index is 0.673. The molecule has 0 unspecified atom stereocenters. The molecule has 8 nitrogen and oxygen atoms in total. The molecule has 4 aromatic heterocycles. The number of benzene rings is 1. The van der Waals surface area contributed by atoms with Crippen molar-refractivity contribution >= 4 is 0 Å². The second kappa shape index (κ2) is 8.40. The van der Waals surface area contributed by atoms with E-state index in [9.17, 15) is 0 Å². The van der Waals surface area contributed by atoms with Gasteiger partial charge in [0.1, 0.15) is 12.0 Å². The lowest BCUT2D eigenvalue weighted by molar-refractivity contribution is 0.243. The van der Waals surface area contributed by atoms with E-state index in [0.29, 0.717) is 5.82 Å². The van der Waals surface area contributed by atoms with Crippen LogP contribution < -0.4 is 0 Å². The summed E-state index contributed by atoms with van der Waals surface area (Å²) < 4.78 is 7.60. The number of nitrogens with zero attached hydrogens (tertiary/aromatic N) is 7. The van der Waals surface area contributed by atoms with Crippen LogP contribution in [0.5, 0.6) is 0 Å². The van der Waals surface area contributed by atoms with Gasteiger partial charge in [0.2, 0.25) is 0 Å². The first-order valence-electron chi connectivity index (χ1n) is 10.8. The third-order valence-electron chi connectivity index (χ3n) is 5.79. The lowest BCUT2D eigenvalue weighted by Crippen LogP contribution is -2.31. The zero-order valence-electron chi connectivity index (χ0n) is 17.9. The predicted molar refractivity (Wildman–Crippen MR) is 122 cm³/mol. The van der Waals surface area contributed by atoms with E-state index < -0.39 is 0 Å². The molecule has 0 spiro atoms. The van der Waals surface area contributed by atoms with Crippen molar-refractivity contribution in [1.29, 1.82) is 0 Å². The highest BCUT2D eigenvalue weighted by molar-refractivity contribution is 5.57. The molecule has 0 N–H and O–H groups in total. The van der Waals surface area contributed by atoms with Crippen molar-refractivity contribution in [2.75, 3.05) is 6.54 Å². The van der Waals surface area contributed by atoms with E-state index in [1.807, 2.05) is 53.3 Å². The van der Waals surface area contributed by atoms with Crippen LogP contribution in [0.4, 0.5) is 0 Å². The van der Waals surface area contributed by atoms with E-state index in [2.05, 4.69) is 26.0 Å². The molecule has 162 valence electrons. The van der Waals surface area contributed by atoms with Crippen molar-refractivity contribution in [3.05, 3.63) is 96.7 Å². The average molecular weight is 435 g/mol. The Morgan fingerprint density at radius 3 is 2.67 bits per heavy atom. The zero-order valence-corrected chi connectivity index (χ0v) is 17.9. The SMILES string of the molecule is c1ccc(-n2cc(CN3CCc4nc(-c5cncnc5)ncc4C3)c(-c3ccco3)n2)cc1. The smallest absolute Gasteiger partial charge is 0.162 e. The first-order chi connectivity index (χ1) is 16.3. The topological polar surface area (TPSA) is 85.8 Å². The first-order valence-corrected chi connectivity index (χ1v) is 10.8. The summed E-state index contributed by atoms with van der Waals surface area (Å²) in [5, 5.41) is 4.84. The zero-order chi connectivity index (χ0) is 22.0. The Bertz CT molecular complexity index is 1360. The molecule has 5 heterocycles. The number of aromatic nitrogens is 6. The molecule has 8 heteroatoms. The third kappa shape index (κ3) is 3.92. The van der Waals surface area contributed by atoms with Crippen LogP contribution in [0.25, 0.3) is 28.5 Å². The number of rotatable bonds is 5. The quantitative estimate of drug-likeness (QED) is 0.413. The summed E-state index contributed by atoms with van der Waals surface area (Å²) in [6.07, 6.45) is 11.6. The lowest BCUT2D eigenvalue weighted by Gasteiger charge is -2.27. The van der Waals surface area contributed by atoms with Crippen LogP contribution in [-0.4, -0.2) is 41.2 Å². The number of fused-ring (bicyclic) bond motifs is 1. The molecule has 0 atom stereocenters. The highest BCUT2D eigenvalue weighted by Crippen LogP contribution is 2.27. The molecule has 1 aliphatic rings. The number of para-hydroxylation sites is 1. The number of hydrogen-bond donors (Lipinski definition) is 0. The molecule has 1 aromatic carbocycles. The van der Waals surface area contributed by atoms with E-state index >= 15 is 0 Å². The Kier molecular flexibility index (Phi) is 4.97. The Balaban J connectivity index is 1.26. The van der Waals surface area contributed by atoms with E-state index in [1.165, 1.54) is 6.33 Å². The molecule has 5 aromatic rings. The largest absolute Gasteiger partial charge is 0.463 e. The summed E-state index contributed by atoms with van der Waals surface area (Å²) in [5.41, 5.74) is 6.08. The van der Waals surface area contributed by atoms with Crippen LogP contribution >= 0.6 is 0 Å². The monoisotopic (exact) mass is 435 g/mol. The van der Waals surface area contributed by atoms with E-state index in [4.69, 9.17) is 14.5 Å². The molecule has 0 amide bonds. The summed E-state index contributed by atoms with van der Waals surface area (Å²) >= 11 is 0. The fraction of sp³-hybridized carbons (Fsp3) is 0.160. The summed E-state index contributed by atoms with van der Waals surface area (Å²) in [5.74, 6) is 1.45. The highest BCUT2D eigenvalue weighted by Gasteiger charge is 2.22. The molecule has 6 rings (SSSR count). The molecule has 0 saturated carbocycles. The number of hydrogen-bond acceptors (Lipinski definition) is 7. The summed E-state index contributed by atoms with van der Waals surface area (Å²) in [6, 6.07) is 14.0. The second-order valence-electron chi connectivity index (χ2n) is 8.01. The van der Waals surface area contributed by atoms with Crippen molar-refractivity contribution in [3.8, 4) is 28.5 Å². The molecule has 1 aliphatic heterocycles. The van der Waals surface area contributed by atoms with Gasteiger partial charge in [-0.25, -0.2) is 24.6 Å². The van der Waals surface area contributed by atoms with Crippen LogP contribution in [0.2, 0.25) is 0 Å². The van der Waals surface area contributed by atoms with Crippen molar-refractivity contribution in [3.63, 3.8) is 0 Å². The molecule has 0 aliphatic carbocycles. The lowest BCUT2D eigenvalue weighted by atomic mass is 10.1. The maximum Gasteiger partial charge on any atom is 0.162 e. The van der Waals surface area contributed by atoms with E-state index in [1.54, 1.807) is 18.7 Å². The van der Waals surface area contributed by atoms with Gasteiger partial charge in [-0.3, -0.25) is 4.90 Å². The average Bonchev–Trinajstić information content (AvgIpc) is 3.55. The van der Waals surface area contributed by atoms with Crippen LogP contribution in [0.15, 0.2) is 84.3 Å². The van der Waals surface area contributed by atoms with E-state index in [-0.39, 0.29) is 0 Å². The van der Waals surface area contributed by atoms with Gasteiger partial charge in [-0.1, -0.05) is 18.2 Å². The van der Waals surface area contributed by atoms with Gasteiger partial charge in [0.25, 0.3) is 0 Å². The van der Waals surface area contributed by atoms with Gasteiger partial charge in [0.15, 0.2) is 11.6 Å². The second-order valence-corrected chi connectivity index (χ2v) is 8.01. The standard InChI is InChI=1S/C25H21N7O/c1-2-5-21(6-3-1)32-16-20(24(30-32)23-7-4-10-33-23)15-31-9-8-22-19(14-31)13-28-25(29-22)18-11-26-17-27-12-18/h1-7,10-13,16-17H,8-9,14-15H2. The minimum absolute atomic E-state index is 0.673. The molecule has 0 radical (unpaired) electrons. The summed E-state index contributed by atoms with van der Waals surface area (Å²) in [4.78, 5) is 19.9. The molecular weight excluding hydrogens is 414 g/mol. The maximum atomic E-state index is 5.69. The molecule has 0 saturated heterocycles. The fourth-order valence-electron chi connectivity index (χ4n) is 4.16. The maximum absolute atomic E-state index is 5.69. The van der Waals surface area contributed by atoms with Crippen molar-refractivity contribution in [2.24, 2.45) is 0 Å². The third-order valence-corrected chi connectivity index (χ3v) is 5.79. The van der Waals surface area contributed by atoms with Gasteiger partial charge in [0.05, 0.1) is 23.2 Å².